The van der Waals surface area contributed by atoms with Crippen LogP contribution in [-0.4, -0.2) is 39.9 Å². The second kappa shape index (κ2) is 6.89. The monoisotopic (exact) mass is 332 g/mol. The molecule has 1 aliphatic heterocycles. The zero-order chi connectivity index (χ0) is 17.1. The molecule has 25 heavy (non-hydrogen) atoms. The van der Waals surface area contributed by atoms with Gasteiger partial charge in [0.15, 0.2) is 0 Å². The standard InChI is InChI=1S/C20H20N4O/c25-20(19-14-21-17-8-4-5-9-18(17)23-19)24-12-10-16(11-13-24)22-15-6-2-1-3-7-15/h1-9,14,16,22H,10-13H2. The van der Waals surface area contributed by atoms with E-state index in [2.05, 4.69) is 27.4 Å². The number of hydrogen-bond acceptors (Lipinski definition) is 4. The first kappa shape index (κ1) is 15.6. The highest BCUT2D eigenvalue weighted by atomic mass is 16.2. The van der Waals surface area contributed by atoms with Gasteiger partial charge in [-0.05, 0) is 37.1 Å². The molecule has 0 aliphatic carbocycles. The highest BCUT2D eigenvalue weighted by molar-refractivity contribution is 5.93. The summed E-state index contributed by atoms with van der Waals surface area (Å²) in [6.45, 7) is 1.47. The summed E-state index contributed by atoms with van der Waals surface area (Å²) in [5.41, 5.74) is 3.12. The van der Waals surface area contributed by atoms with Crippen LogP contribution in [-0.2, 0) is 0 Å². The maximum atomic E-state index is 12.7. The largest absolute Gasteiger partial charge is 0.382 e. The number of likely N-dealkylation sites (tertiary alicyclic amines) is 1. The molecular formula is C20H20N4O. The van der Waals surface area contributed by atoms with Crippen LogP contribution in [0, 0.1) is 0 Å². The van der Waals surface area contributed by atoms with Gasteiger partial charge in [-0.25, -0.2) is 4.98 Å². The van der Waals surface area contributed by atoms with Gasteiger partial charge in [-0.2, -0.15) is 0 Å². The Balaban J connectivity index is 1.40. The SMILES string of the molecule is O=C(c1cnc2ccccc2n1)N1CCC(Nc2ccccc2)CC1. The van der Waals surface area contributed by atoms with Gasteiger partial charge in [0.1, 0.15) is 5.69 Å². The molecule has 126 valence electrons. The Labute approximate surface area is 146 Å². The number of carbonyl (C=O) groups excluding carboxylic acids is 1. The van der Waals surface area contributed by atoms with E-state index in [1.165, 1.54) is 0 Å². The Bertz CT molecular complexity index is 873. The molecule has 1 saturated heterocycles. The van der Waals surface area contributed by atoms with E-state index in [1.807, 2.05) is 47.4 Å². The van der Waals surface area contributed by atoms with Crippen LogP contribution in [0.15, 0.2) is 60.8 Å². The van der Waals surface area contributed by atoms with E-state index in [0.717, 1.165) is 42.7 Å². The number of hydrogen-bond donors (Lipinski definition) is 1. The molecule has 1 aliphatic rings. The lowest BCUT2D eigenvalue weighted by Gasteiger charge is -2.32. The third kappa shape index (κ3) is 3.45. The van der Waals surface area contributed by atoms with Crippen LogP contribution in [0.25, 0.3) is 11.0 Å². The van der Waals surface area contributed by atoms with Crippen molar-refractivity contribution in [2.24, 2.45) is 0 Å². The van der Waals surface area contributed by atoms with E-state index in [4.69, 9.17) is 0 Å². The third-order valence-electron chi connectivity index (χ3n) is 4.59. The third-order valence-corrected chi connectivity index (χ3v) is 4.59. The number of rotatable bonds is 3. The summed E-state index contributed by atoms with van der Waals surface area (Å²) < 4.78 is 0. The number of amides is 1. The lowest BCUT2D eigenvalue weighted by molar-refractivity contribution is 0.0712. The Morgan fingerprint density at radius 2 is 1.64 bits per heavy atom. The summed E-state index contributed by atoms with van der Waals surface area (Å²) in [6.07, 6.45) is 3.45. The molecule has 5 heteroatoms. The predicted octanol–water partition coefficient (Wildman–Crippen LogP) is 3.35. The summed E-state index contributed by atoms with van der Waals surface area (Å²) in [7, 11) is 0. The molecule has 0 spiro atoms. The van der Waals surface area contributed by atoms with Crippen molar-refractivity contribution in [1.82, 2.24) is 14.9 Å². The average Bonchev–Trinajstić information content (AvgIpc) is 2.68. The number of fused-ring (bicyclic) bond motifs is 1. The highest BCUT2D eigenvalue weighted by Gasteiger charge is 2.24. The molecule has 0 saturated carbocycles. The van der Waals surface area contributed by atoms with E-state index in [0.29, 0.717) is 11.7 Å². The van der Waals surface area contributed by atoms with Gasteiger partial charge in [0.25, 0.3) is 5.91 Å². The molecule has 0 bridgehead atoms. The molecule has 1 amide bonds. The van der Waals surface area contributed by atoms with Crippen molar-refractivity contribution >= 4 is 22.6 Å². The van der Waals surface area contributed by atoms with Crippen LogP contribution in [0.5, 0.6) is 0 Å². The summed E-state index contributed by atoms with van der Waals surface area (Å²) in [4.78, 5) is 23.4. The number of benzene rings is 2. The van der Waals surface area contributed by atoms with Crippen molar-refractivity contribution in [3.05, 3.63) is 66.5 Å². The van der Waals surface area contributed by atoms with Gasteiger partial charge in [0.2, 0.25) is 0 Å². The summed E-state index contributed by atoms with van der Waals surface area (Å²) in [5.74, 6) is -0.0311. The number of nitrogens with zero attached hydrogens (tertiary/aromatic N) is 3. The molecule has 2 aromatic carbocycles. The van der Waals surface area contributed by atoms with E-state index in [-0.39, 0.29) is 5.91 Å². The molecule has 0 unspecified atom stereocenters. The van der Waals surface area contributed by atoms with Crippen LogP contribution in [0.3, 0.4) is 0 Å². The number of nitrogens with one attached hydrogen (secondary N) is 1. The number of carbonyl (C=O) groups is 1. The minimum Gasteiger partial charge on any atom is -0.382 e. The van der Waals surface area contributed by atoms with Gasteiger partial charge in [-0.15, -0.1) is 0 Å². The van der Waals surface area contributed by atoms with E-state index in [9.17, 15) is 4.79 Å². The van der Waals surface area contributed by atoms with Crippen molar-refractivity contribution in [1.29, 1.82) is 0 Å². The molecule has 1 fully saturated rings. The van der Waals surface area contributed by atoms with Crippen LogP contribution >= 0.6 is 0 Å². The van der Waals surface area contributed by atoms with Crippen molar-refractivity contribution in [2.75, 3.05) is 18.4 Å². The van der Waals surface area contributed by atoms with Gasteiger partial charge >= 0.3 is 0 Å². The van der Waals surface area contributed by atoms with Crippen LogP contribution < -0.4 is 5.32 Å². The fourth-order valence-corrected chi connectivity index (χ4v) is 3.22. The predicted molar refractivity (Wildman–Crippen MR) is 98.5 cm³/mol. The normalized spacial score (nSPS) is 15.3. The fraction of sp³-hybridized carbons (Fsp3) is 0.250. The van der Waals surface area contributed by atoms with E-state index in [1.54, 1.807) is 6.20 Å². The highest BCUT2D eigenvalue weighted by Crippen LogP contribution is 2.18. The topological polar surface area (TPSA) is 58.1 Å². The molecule has 0 radical (unpaired) electrons. The van der Waals surface area contributed by atoms with Crippen molar-refractivity contribution in [2.45, 2.75) is 18.9 Å². The average molecular weight is 332 g/mol. The number of aromatic nitrogens is 2. The Morgan fingerprint density at radius 1 is 0.960 bits per heavy atom. The second-order valence-electron chi connectivity index (χ2n) is 6.32. The maximum absolute atomic E-state index is 12.7. The lowest BCUT2D eigenvalue weighted by atomic mass is 10.0. The zero-order valence-corrected chi connectivity index (χ0v) is 13.9. The molecule has 0 atom stereocenters. The Morgan fingerprint density at radius 3 is 2.40 bits per heavy atom. The number of anilines is 1. The molecular weight excluding hydrogens is 312 g/mol. The first-order valence-electron chi connectivity index (χ1n) is 8.62. The minimum absolute atomic E-state index is 0.0311. The first-order chi connectivity index (χ1) is 12.3. The van der Waals surface area contributed by atoms with Gasteiger partial charge in [-0.3, -0.25) is 9.78 Å². The van der Waals surface area contributed by atoms with Crippen molar-refractivity contribution in [3.8, 4) is 0 Å². The van der Waals surface area contributed by atoms with Crippen LogP contribution in [0.1, 0.15) is 23.3 Å². The van der Waals surface area contributed by atoms with E-state index >= 15 is 0 Å². The minimum atomic E-state index is -0.0311. The quantitative estimate of drug-likeness (QED) is 0.799. The van der Waals surface area contributed by atoms with Gasteiger partial charge in [-0.1, -0.05) is 30.3 Å². The smallest absolute Gasteiger partial charge is 0.274 e. The lowest BCUT2D eigenvalue weighted by Crippen LogP contribution is -2.42. The van der Waals surface area contributed by atoms with Gasteiger partial charge in [0, 0.05) is 24.8 Å². The molecule has 1 aromatic heterocycles. The molecule has 5 nitrogen and oxygen atoms in total. The Kier molecular flexibility index (Phi) is 4.29. The van der Waals surface area contributed by atoms with Crippen LogP contribution in [0.4, 0.5) is 5.69 Å². The molecule has 4 rings (SSSR count). The second-order valence-corrected chi connectivity index (χ2v) is 6.32. The summed E-state index contributed by atoms with van der Waals surface area (Å²) in [5, 5.41) is 3.54. The number of piperidine rings is 1. The summed E-state index contributed by atoms with van der Waals surface area (Å²) in [6, 6.07) is 18.2. The molecule has 3 aromatic rings. The molecule has 1 N–H and O–H groups in total. The van der Waals surface area contributed by atoms with Crippen LogP contribution in [0.2, 0.25) is 0 Å². The first-order valence-corrected chi connectivity index (χ1v) is 8.62. The van der Waals surface area contributed by atoms with Crippen molar-refractivity contribution < 1.29 is 4.79 Å². The maximum Gasteiger partial charge on any atom is 0.274 e. The van der Waals surface area contributed by atoms with Crippen molar-refractivity contribution in [3.63, 3.8) is 0 Å². The Hall–Kier alpha value is -2.95. The van der Waals surface area contributed by atoms with Gasteiger partial charge < -0.3 is 10.2 Å². The van der Waals surface area contributed by atoms with E-state index < -0.39 is 0 Å². The summed E-state index contributed by atoms with van der Waals surface area (Å²) >= 11 is 0. The number of para-hydroxylation sites is 3. The van der Waals surface area contributed by atoms with Gasteiger partial charge in [0.05, 0.1) is 17.2 Å². The fourth-order valence-electron chi connectivity index (χ4n) is 3.22. The molecule has 2 heterocycles. The zero-order valence-electron chi connectivity index (χ0n) is 13.9.